The first kappa shape index (κ1) is 13.8. The first-order chi connectivity index (χ1) is 8.48. The van der Waals surface area contributed by atoms with Crippen LogP contribution in [0.3, 0.4) is 0 Å². The number of aromatic nitrogens is 1. The summed E-state index contributed by atoms with van der Waals surface area (Å²) < 4.78 is 41.9. The second-order valence-corrected chi connectivity index (χ2v) is 5.53. The first-order valence-corrected chi connectivity index (χ1v) is 6.56. The van der Waals surface area contributed by atoms with E-state index in [1.807, 2.05) is 0 Å². The fourth-order valence-electron chi connectivity index (χ4n) is 1.60. The topological polar surface area (TPSA) is 34.1 Å². The molecule has 1 aliphatic carbocycles. The molecule has 3 nitrogen and oxygen atoms in total. The van der Waals surface area contributed by atoms with E-state index in [9.17, 15) is 13.2 Å². The van der Waals surface area contributed by atoms with Gasteiger partial charge in [-0.3, -0.25) is 0 Å². The van der Waals surface area contributed by atoms with E-state index in [0.717, 1.165) is 29.1 Å². The number of methoxy groups -OCH3 is 1. The number of hydrogen-bond acceptors (Lipinski definition) is 4. The number of nitrogens with zero attached hydrogens (tertiary/aromatic N) is 1. The molecular formula is C11H15F3N2OS. The highest BCUT2D eigenvalue weighted by atomic mass is 32.1. The standard InChI is InChI=1S/C11H15F3N2OS/c1-17-6-8-9(5-15-7-2-3-7)18-10(16-8)4-11(12,13)14/h7,15H,2-6H2,1H3. The van der Waals surface area contributed by atoms with Crippen LogP contribution in [0, 0.1) is 0 Å². The summed E-state index contributed by atoms with van der Waals surface area (Å²) in [5.74, 6) is 0. The molecule has 1 aliphatic rings. The second kappa shape index (κ2) is 5.54. The third-order valence-corrected chi connectivity index (χ3v) is 3.68. The largest absolute Gasteiger partial charge is 0.395 e. The predicted octanol–water partition coefficient (Wildman–Crippen LogP) is 2.65. The second-order valence-electron chi connectivity index (χ2n) is 4.36. The van der Waals surface area contributed by atoms with E-state index < -0.39 is 12.6 Å². The van der Waals surface area contributed by atoms with E-state index in [1.54, 1.807) is 0 Å². The summed E-state index contributed by atoms with van der Waals surface area (Å²) in [6, 6.07) is 0.522. The maximum atomic E-state index is 12.3. The highest BCUT2D eigenvalue weighted by Gasteiger charge is 2.30. The SMILES string of the molecule is COCc1nc(CC(F)(F)F)sc1CNC1CC1. The number of halogens is 3. The van der Waals surface area contributed by atoms with Crippen molar-refractivity contribution in [1.29, 1.82) is 0 Å². The number of alkyl halides is 3. The lowest BCUT2D eigenvalue weighted by atomic mass is 10.3. The Morgan fingerprint density at radius 1 is 1.44 bits per heavy atom. The van der Waals surface area contributed by atoms with Gasteiger partial charge in [0.1, 0.15) is 5.01 Å². The molecule has 1 fully saturated rings. The summed E-state index contributed by atoms with van der Waals surface area (Å²) in [4.78, 5) is 4.87. The third-order valence-electron chi connectivity index (χ3n) is 2.58. The summed E-state index contributed by atoms with van der Waals surface area (Å²) in [7, 11) is 1.51. The summed E-state index contributed by atoms with van der Waals surface area (Å²) in [6.45, 7) is 0.842. The van der Waals surface area contributed by atoms with Gasteiger partial charge in [-0.1, -0.05) is 0 Å². The van der Waals surface area contributed by atoms with Crippen LogP contribution in [0.5, 0.6) is 0 Å². The van der Waals surface area contributed by atoms with Crippen molar-refractivity contribution in [1.82, 2.24) is 10.3 Å². The van der Waals surface area contributed by atoms with Gasteiger partial charge >= 0.3 is 6.18 Å². The van der Waals surface area contributed by atoms with Crippen molar-refractivity contribution in [2.24, 2.45) is 0 Å². The van der Waals surface area contributed by atoms with E-state index in [1.165, 1.54) is 7.11 Å². The average molecular weight is 280 g/mol. The van der Waals surface area contributed by atoms with Crippen LogP contribution in [0.15, 0.2) is 0 Å². The van der Waals surface area contributed by atoms with Gasteiger partial charge in [0.05, 0.1) is 18.7 Å². The molecule has 0 unspecified atom stereocenters. The van der Waals surface area contributed by atoms with E-state index in [-0.39, 0.29) is 11.6 Å². The summed E-state index contributed by atoms with van der Waals surface area (Å²) in [5, 5.41) is 3.39. The van der Waals surface area contributed by atoms with Crippen molar-refractivity contribution >= 4 is 11.3 Å². The first-order valence-electron chi connectivity index (χ1n) is 5.74. The molecule has 0 radical (unpaired) electrons. The molecule has 1 N–H and O–H groups in total. The number of thiazole rings is 1. The molecule has 0 spiro atoms. The van der Waals surface area contributed by atoms with Gasteiger partial charge in [0.15, 0.2) is 0 Å². The Morgan fingerprint density at radius 3 is 2.72 bits per heavy atom. The van der Waals surface area contributed by atoms with Gasteiger partial charge in [0.25, 0.3) is 0 Å². The number of nitrogens with one attached hydrogen (secondary N) is 1. The van der Waals surface area contributed by atoms with Crippen LogP contribution >= 0.6 is 11.3 Å². The molecule has 1 heterocycles. The molecule has 0 bridgehead atoms. The Bertz CT molecular complexity index is 401. The Balaban J connectivity index is 2.04. The molecule has 0 aromatic carbocycles. The van der Waals surface area contributed by atoms with E-state index >= 15 is 0 Å². The van der Waals surface area contributed by atoms with Crippen LogP contribution in [0.1, 0.15) is 28.4 Å². The third kappa shape index (κ3) is 4.22. The Morgan fingerprint density at radius 2 is 2.17 bits per heavy atom. The molecule has 102 valence electrons. The van der Waals surface area contributed by atoms with Gasteiger partial charge in [0.2, 0.25) is 0 Å². The zero-order valence-electron chi connectivity index (χ0n) is 10.0. The van der Waals surface area contributed by atoms with Crippen molar-refractivity contribution in [3.8, 4) is 0 Å². The van der Waals surface area contributed by atoms with E-state index in [2.05, 4.69) is 10.3 Å². The monoisotopic (exact) mass is 280 g/mol. The minimum absolute atomic E-state index is 0.113. The zero-order chi connectivity index (χ0) is 13.2. The summed E-state index contributed by atoms with van der Waals surface area (Å²) >= 11 is 1.12. The fourth-order valence-corrected chi connectivity index (χ4v) is 2.65. The van der Waals surface area contributed by atoms with Crippen LogP contribution in [-0.2, 0) is 24.3 Å². The van der Waals surface area contributed by atoms with Crippen molar-refractivity contribution in [3.05, 3.63) is 15.6 Å². The number of hydrogen-bond donors (Lipinski definition) is 1. The Hall–Kier alpha value is -0.660. The van der Waals surface area contributed by atoms with Crippen molar-refractivity contribution in [2.45, 2.75) is 44.6 Å². The zero-order valence-corrected chi connectivity index (χ0v) is 10.8. The number of rotatable bonds is 6. The van der Waals surface area contributed by atoms with Crippen LogP contribution in [0.2, 0.25) is 0 Å². The molecular weight excluding hydrogens is 265 g/mol. The minimum Gasteiger partial charge on any atom is -0.378 e. The molecule has 0 aliphatic heterocycles. The molecule has 0 atom stereocenters. The normalized spacial score (nSPS) is 16.2. The van der Waals surface area contributed by atoms with Crippen molar-refractivity contribution in [2.75, 3.05) is 7.11 Å². The van der Waals surface area contributed by atoms with Gasteiger partial charge in [0, 0.05) is 24.6 Å². The molecule has 1 saturated carbocycles. The predicted molar refractivity (Wildman–Crippen MR) is 62.4 cm³/mol. The lowest BCUT2D eigenvalue weighted by Gasteiger charge is -2.02. The van der Waals surface area contributed by atoms with Crippen molar-refractivity contribution in [3.63, 3.8) is 0 Å². The lowest BCUT2D eigenvalue weighted by molar-refractivity contribution is -0.127. The van der Waals surface area contributed by atoms with Gasteiger partial charge in [-0.2, -0.15) is 13.2 Å². The van der Waals surface area contributed by atoms with E-state index in [0.29, 0.717) is 18.3 Å². The average Bonchev–Trinajstić information content (AvgIpc) is 2.99. The lowest BCUT2D eigenvalue weighted by Crippen LogP contribution is -2.15. The number of ether oxygens (including phenoxy) is 1. The maximum absolute atomic E-state index is 12.3. The highest BCUT2D eigenvalue weighted by molar-refractivity contribution is 7.11. The van der Waals surface area contributed by atoms with Crippen LogP contribution < -0.4 is 5.32 Å². The van der Waals surface area contributed by atoms with Gasteiger partial charge in [-0.15, -0.1) is 11.3 Å². The molecule has 18 heavy (non-hydrogen) atoms. The summed E-state index contributed by atoms with van der Waals surface area (Å²) in [5.41, 5.74) is 0.620. The molecule has 1 aromatic heterocycles. The fraction of sp³-hybridized carbons (Fsp3) is 0.727. The van der Waals surface area contributed by atoms with Gasteiger partial charge in [-0.05, 0) is 12.8 Å². The minimum atomic E-state index is -4.20. The van der Waals surface area contributed by atoms with E-state index in [4.69, 9.17) is 4.74 Å². The van der Waals surface area contributed by atoms with Gasteiger partial charge in [-0.25, -0.2) is 4.98 Å². The summed E-state index contributed by atoms with van der Waals surface area (Å²) in [6.07, 6.45) is -2.87. The maximum Gasteiger partial charge on any atom is 0.395 e. The Kier molecular flexibility index (Phi) is 4.24. The van der Waals surface area contributed by atoms with Crippen LogP contribution in [0.25, 0.3) is 0 Å². The van der Waals surface area contributed by atoms with Crippen LogP contribution in [0.4, 0.5) is 13.2 Å². The molecule has 1 aromatic rings. The smallest absolute Gasteiger partial charge is 0.378 e. The van der Waals surface area contributed by atoms with Crippen LogP contribution in [-0.4, -0.2) is 24.3 Å². The molecule has 2 rings (SSSR count). The molecule has 7 heteroatoms. The van der Waals surface area contributed by atoms with Crippen molar-refractivity contribution < 1.29 is 17.9 Å². The molecule has 0 saturated heterocycles. The molecule has 0 amide bonds. The quantitative estimate of drug-likeness (QED) is 0.870. The highest BCUT2D eigenvalue weighted by Crippen LogP contribution is 2.28. The Labute approximate surface area is 107 Å². The van der Waals surface area contributed by atoms with Gasteiger partial charge < -0.3 is 10.1 Å².